The quantitative estimate of drug-likeness (QED) is 0.887. The number of fused-ring (bicyclic) bond motifs is 1. The second-order valence-electron chi connectivity index (χ2n) is 4.41. The van der Waals surface area contributed by atoms with Gasteiger partial charge >= 0.3 is 0 Å². The minimum absolute atomic E-state index is 0.0670. The molecule has 2 aromatic rings. The second-order valence-corrected chi connectivity index (χ2v) is 5.19. The third-order valence-corrected chi connectivity index (χ3v) is 3.87. The first-order valence-corrected chi connectivity index (χ1v) is 6.90. The molecule has 1 aromatic heterocycles. The summed E-state index contributed by atoms with van der Waals surface area (Å²) in [6, 6.07) is 9.96. The normalized spacial score (nSPS) is 17.0. The van der Waals surface area contributed by atoms with Crippen LogP contribution in [0.3, 0.4) is 0 Å². The van der Waals surface area contributed by atoms with Crippen LogP contribution in [-0.4, -0.2) is 11.9 Å². The molecule has 1 amide bonds. The van der Waals surface area contributed by atoms with Gasteiger partial charge in [0.25, 0.3) is 0 Å². The molecule has 92 valence electrons. The third-order valence-electron chi connectivity index (χ3n) is 3.13. The molecule has 1 atom stereocenters. The average molecular weight is 258 g/mol. The summed E-state index contributed by atoms with van der Waals surface area (Å²) in [7, 11) is 0. The highest BCUT2D eigenvalue weighted by Crippen LogP contribution is 2.25. The largest absolute Gasteiger partial charge is 0.373 e. The van der Waals surface area contributed by atoms with Gasteiger partial charge in [0, 0.05) is 18.7 Å². The molecule has 1 aliphatic rings. The molecule has 0 radical (unpaired) electrons. The highest BCUT2D eigenvalue weighted by molar-refractivity contribution is 7.07. The molecular formula is C14H14N2OS. The number of hydrogen-bond acceptors (Lipinski definition) is 3. The van der Waals surface area contributed by atoms with Crippen molar-refractivity contribution in [2.45, 2.75) is 19.0 Å². The van der Waals surface area contributed by atoms with Crippen molar-refractivity contribution in [3.63, 3.8) is 0 Å². The Hall–Kier alpha value is -1.81. The zero-order valence-electron chi connectivity index (χ0n) is 9.85. The number of hydrogen-bond donors (Lipinski definition) is 2. The summed E-state index contributed by atoms with van der Waals surface area (Å²) < 4.78 is 0. The lowest BCUT2D eigenvalue weighted by molar-refractivity contribution is -0.121. The van der Waals surface area contributed by atoms with Gasteiger partial charge in [0.15, 0.2) is 0 Å². The Labute approximate surface area is 110 Å². The van der Waals surface area contributed by atoms with Crippen LogP contribution in [0.15, 0.2) is 41.1 Å². The Morgan fingerprint density at radius 3 is 3.06 bits per heavy atom. The third kappa shape index (κ3) is 2.24. The van der Waals surface area contributed by atoms with Crippen LogP contribution in [0.4, 0.5) is 5.69 Å². The zero-order chi connectivity index (χ0) is 12.4. The fourth-order valence-corrected chi connectivity index (χ4v) is 2.83. The van der Waals surface area contributed by atoms with E-state index in [2.05, 4.69) is 22.1 Å². The molecule has 0 fully saturated rings. The molecule has 3 rings (SSSR count). The minimum atomic E-state index is -0.138. The maximum absolute atomic E-state index is 12.0. The van der Waals surface area contributed by atoms with Crippen molar-refractivity contribution >= 4 is 22.9 Å². The van der Waals surface area contributed by atoms with Crippen molar-refractivity contribution in [1.29, 1.82) is 0 Å². The summed E-state index contributed by atoms with van der Waals surface area (Å²) in [4.78, 5) is 12.0. The lowest BCUT2D eigenvalue weighted by Gasteiger charge is -2.11. The number of anilines is 1. The average Bonchev–Trinajstić information content (AvgIpc) is 3.04. The van der Waals surface area contributed by atoms with E-state index in [0.717, 1.165) is 17.7 Å². The van der Waals surface area contributed by atoms with E-state index in [1.807, 2.05) is 29.6 Å². The topological polar surface area (TPSA) is 41.1 Å². The Kier molecular flexibility index (Phi) is 3.02. The number of nitrogens with one attached hydrogen (secondary N) is 2. The fraction of sp³-hybridized carbons (Fsp3) is 0.214. The molecule has 0 unspecified atom stereocenters. The number of carbonyl (C=O) groups excluding carboxylic acids is 1. The summed E-state index contributed by atoms with van der Waals surface area (Å²) >= 11 is 1.65. The van der Waals surface area contributed by atoms with Crippen molar-refractivity contribution in [3.05, 3.63) is 52.2 Å². The van der Waals surface area contributed by atoms with E-state index in [0.29, 0.717) is 6.54 Å². The maximum Gasteiger partial charge on any atom is 0.243 e. The molecule has 1 aromatic carbocycles. The van der Waals surface area contributed by atoms with Gasteiger partial charge in [0.1, 0.15) is 6.04 Å². The first-order chi connectivity index (χ1) is 8.83. The van der Waals surface area contributed by atoms with Gasteiger partial charge in [-0.25, -0.2) is 0 Å². The number of thiophene rings is 1. The molecule has 2 heterocycles. The predicted octanol–water partition coefficient (Wildman–Crippen LogP) is 2.40. The van der Waals surface area contributed by atoms with Crippen LogP contribution in [0, 0.1) is 0 Å². The summed E-state index contributed by atoms with van der Waals surface area (Å²) in [6.45, 7) is 0.608. The van der Waals surface area contributed by atoms with Gasteiger partial charge in [-0.1, -0.05) is 18.2 Å². The van der Waals surface area contributed by atoms with Crippen LogP contribution in [-0.2, 0) is 17.8 Å². The Morgan fingerprint density at radius 2 is 2.28 bits per heavy atom. The maximum atomic E-state index is 12.0. The van der Waals surface area contributed by atoms with E-state index in [1.54, 1.807) is 11.3 Å². The van der Waals surface area contributed by atoms with Gasteiger partial charge in [-0.3, -0.25) is 4.79 Å². The molecule has 18 heavy (non-hydrogen) atoms. The SMILES string of the molecule is O=C(NCc1ccsc1)[C@@H]1Cc2ccccc2N1. The van der Waals surface area contributed by atoms with Crippen molar-refractivity contribution in [3.8, 4) is 0 Å². The molecule has 0 aliphatic carbocycles. The first-order valence-electron chi connectivity index (χ1n) is 5.96. The zero-order valence-corrected chi connectivity index (χ0v) is 10.7. The lowest BCUT2D eigenvalue weighted by Crippen LogP contribution is -2.37. The molecule has 4 heteroatoms. The summed E-state index contributed by atoms with van der Waals surface area (Å²) in [5.74, 6) is 0.0670. The monoisotopic (exact) mass is 258 g/mol. The first kappa shape index (κ1) is 11.3. The number of carbonyl (C=O) groups is 1. The molecular weight excluding hydrogens is 244 g/mol. The number of benzene rings is 1. The molecule has 0 spiro atoms. The standard InChI is InChI=1S/C14H14N2OS/c17-14(15-8-10-5-6-18-9-10)13-7-11-3-1-2-4-12(11)16-13/h1-6,9,13,16H,7-8H2,(H,15,17)/t13-/m0/s1. The Bertz CT molecular complexity index is 526. The second kappa shape index (κ2) is 4.82. The van der Waals surface area contributed by atoms with Crippen molar-refractivity contribution < 1.29 is 4.79 Å². The van der Waals surface area contributed by atoms with E-state index >= 15 is 0 Å². The van der Waals surface area contributed by atoms with Gasteiger partial charge in [-0.05, 0) is 34.0 Å². The molecule has 0 bridgehead atoms. The van der Waals surface area contributed by atoms with Crippen molar-refractivity contribution in [2.24, 2.45) is 0 Å². The molecule has 3 nitrogen and oxygen atoms in total. The van der Waals surface area contributed by atoms with Crippen molar-refractivity contribution in [1.82, 2.24) is 5.32 Å². The highest BCUT2D eigenvalue weighted by atomic mass is 32.1. The van der Waals surface area contributed by atoms with Crippen LogP contribution in [0.2, 0.25) is 0 Å². The van der Waals surface area contributed by atoms with Gasteiger partial charge in [0.2, 0.25) is 5.91 Å². The van der Waals surface area contributed by atoms with Crippen LogP contribution in [0.25, 0.3) is 0 Å². The van der Waals surface area contributed by atoms with E-state index in [9.17, 15) is 4.79 Å². The van der Waals surface area contributed by atoms with E-state index in [-0.39, 0.29) is 11.9 Å². The Morgan fingerprint density at radius 1 is 1.39 bits per heavy atom. The van der Waals surface area contributed by atoms with E-state index in [1.165, 1.54) is 5.56 Å². The van der Waals surface area contributed by atoms with Crippen molar-refractivity contribution in [2.75, 3.05) is 5.32 Å². The van der Waals surface area contributed by atoms with Gasteiger partial charge in [-0.2, -0.15) is 11.3 Å². The number of para-hydroxylation sites is 1. The number of amides is 1. The van der Waals surface area contributed by atoms with Crippen LogP contribution in [0.5, 0.6) is 0 Å². The van der Waals surface area contributed by atoms with Crippen LogP contribution in [0.1, 0.15) is 11.1 Å². The fourth-order valence-electron chi connectivity index (χ4n) is 2.16. The Balaban J connectivity index is 1.59. The van der Waals surface area contributed by atoms with E-state index in [4.69, 9.17) is 0 Å². The molecule has 2 N–H and O–H groups in total. The molecule has 0 saturated carbocycles. The smallest absolute Gasteiger partial charge is 0.243 e. The molecule has 0 saturated heterocycles. The number of rotatable bonds is 3. The van der Waals surface area contributed by atoms with Gasteiger partial charge in [0.05, 0.1) is 0 Å². The summed E-state index contributed by atoms with van der Waals surface area (Å²) in [5, 5.41) is 10.3. The highest BCUT2D eigenvalue weighted by Gasteiger charge is 2.25. The summed E-state index contributed by atoms with van der Waals surface area (Å²) in [6.07, 6.45) is 0.769. The van der Waals surface area contributed by atoms with Gasteiger partial charge in [-0.15, -0.1) is 0 Å². The van der Waals surface area contributed by atoms with Crippen LogP contribution >= 0.6 is 11.3 Å². The predicted molar refractivity (Wildman–Crippen MR) is 73.7 cm³/mol. The van der Waals surface area contributed by atoms with Crippen LogP contribution < -0.4 is 10.6 Å². The minimum Gasteiger partial charge on any atom is -0.373 e. The van der Waals surface area contributed by atoms with Gasteiger partial charge < -0.3 is 10.6 Å². The summed E-state index contributed by atoms with van der Waals surface area (Å²) in [5.41, 5.74) is 3.45. The van der Waals surface area contributed by atoms with E-state index < -0.39 is 0 Å². The lowest BCUT2D eigenvalue weighted by atomic mass is 10.1. The molecule has 1 aliphatic heterocycles.